The third kappa shape index (κ3) is 2.04. The van der Waals surface area contributed by atoms with Crippen molar-refractivity contribution in [2.45, 2.75) is 13.8 Å². The van der Waals surface area contributed by atoms with Crippen LogP contribution in [-0.4, -0.2) is 32.3 Å². The van der Waals surface area contributed by atoms with Crippen molar-refractivity contribution >= 4 is 25.6 Å². The molecule has 0 bridgehead atoms. The molecule has 1 aromatic rings. The average Bonchev–Trinajstić information content (AvgIpc) is 2.71. The van der Waals surface area contributed by atoms with Crippen molar-refractivity contribution in [1.82, 2.24) is 0 Å². The zero-order chi connectivity index (χ0) is 13.3. The van der Waals surface area contributed by atoms with Gasteiger partial charge in [0.15, 0.2) is 0 Å². The number of anilines is 1. The Morgan fingerprint density at radius 3 is 2.44 bits per heavy atom. The van der Waals surface area contributed by atoms with Crippen LogP contribution in [0.25, 0.3) is 0 Å². The topological polar surface area (TPSA) is 88.2 Å². The first-order chi connectivity index (χ1) is 8.58. The van der Waals surface area contributed by atoms with Crippen molar-refractivity contribution < 1.29 is 8.76 Å². The molecule has 8 heteroatoms. The van der Waals surface area contributed by atoms with Crippen LogP contribution < -0.4 is 15.6 Å². The number of nitro groups is 1. The molecule has 96 valence electrons. The molecule has 1 heterocycles. The van der Waals surface area contributed by atoms with Crippen LogP contribution >= 0.6 is 0 Å². The van der Waals surface area contributed by atoms with Crippen molar-refractivity contribution in [3.05, 3.63) is 33.0 Å². The number of hydrogen-bond acceptors (Lipinski definition) is 4. The molecule has 1 aliphatic rings. The average molecular weight is 315 g/mol. The first-order valence-corrected chi connectivity index (χ1v) is 7.73. The van der Waals surface area contributed by atoms with Gasteiger partial charge >= 0.3 is 107 Å². The Morgan fingerprint density at radius 1 is 1.28 bits per heavy atom. The third-order valence-electron chi connectivity index (χ3n) is 2.75. The Labute approximate surface area is 108 Å². The molecule has 0 spiro atoms. The first kappa shape index (κ1) is 12.8. The second-order valence-corrected chi connectivity index (χ2v) is 5.38. The summed E-state index contributed by atoms with van der Waals surface area (Å²) in [6.07, 6.45) is 0. The molecule has 0 fully saturated rings. The third-order valence-corrected chi connectivity index (χ3v) is 4.17. The van der Waals surface area contributed by atoms with Gasteiger partial charge in [0.25, 0.3) is 0 Å². The van der Waals surface area contributed by atoms with E-state index < -0.39 is 19.2 Å². The number of nitrogens with zero attached hydrogens (tertiary/aromatic N) is 4. The van der Waals surface area contributed by atoms with Crippen LogP contribution in [0.2, 0.25) is 0 Å². The molecule has 7 nitrogen and oxygen atoms in total. The Balaban J connectivity index is 2.74. The molecule has 0 amide bonds. The predicted octanol–water partition coefficient (Wildman–Crippen LogP) is 0.109. The van der Waals surface area contributed by atoms with Crippen molar-refractivity contribution in [3.63, 3.8) is 0 Å². The quantitative estimate of drug-likeness (QED) is 0.448. The molecular weight excluding hydrogens is 303 g/mol. The summed E-state index contributed by atoms with van der Waals surface area (Å²) in [5.41, 5.74) is 0.623. The van der Waals surface area contributed by atoms with E-state index in [1.165, 1.54) is 6.07 Å². The van der Waals surface area contributed by atoms with E-state index in [1.807, 2.05) is 18.7 Å². The van der Waals surface area contributed by atoms with E-state index >= 15 is 0 Å². The Hall–Kier alpha value is -1.66. The summed E-state index contributed by atoms with van der Waals surface area (Å²) < 4.78 is 19.2. The van der Waals surface area contributed by atoms with E-state index in [0.29, 0.717) is 5.36 Å². The molecule has 1 unspecified atom stereocenters. The zero-order valence-electron chi connectivity index (χ0n) is 9.99. The summed E-state index contributed by atoms with van der Waals surface area (Å²) in [6.45, 7) is 5.46. The van der Waals surface area contributed by atoms with Gasteiger partial charge in [0.05, 0.1) is 0 Å². The fourth-order valence-corrected chi connectivity index (χ4v) is 3.38. The molecule has 0 saturated heterocycles. The monoisotopic (exact) mass is 316 g/mol. The predicted molar refractivity (Wildman–Crippen MR) is 65.4 cm³/mol. The molecule has 0 aliphatic carbocycles. The van der Waals surface area contributed by atoms with E-state index in [9.17, 15) is 13.9 Å². The molecule has 1 atom stereocenters. The van der Waals surface area contributed by atoms with Crippen molar-refractivity contribution in [2.75, 3.05) is 18.0 Å². The van der Waals surface area contributed by atoms with Crippen LogP contribution in [0.5, 0.6) is 0 Å². The van der Waals surface area contributed by atoms with E-state index in [4.69, 9.17) is 0 Å². The molecule has 2 rings (SSSR count). The van der Waals surface area contributed by atoms with Crippen LogP contribution in [0.15, 0.2) is 20.2 Å². The molecule has 0 radical (unpaired) electrons. The summed E-state index contributed by atoms with van der Waals surface area (Å²) in [4.78, 5) is 12.4. The number of hydrogen-bond donors (Lipinski definition) is 0. The van der Waals surface area contributed by atoms with E-state index in [2.05, 4.69) is 8.02 Å². The van der Waals surface area contributed by atoms with Crippen LogP contribution in [0.4, 0.5) is 11.4 Å². The van der Waals surface area contributed by atoms with Gasteiger partial charge < -0.3 is 0 Å². The summed E-state index contributed by atoms with van der Waals surface area (Å²) >= 11 is -2.69. The molecular formula is C10H12N4O3Se. The minimum absolute atomic E-state index is 0.133. The number of rotatable bonds is 4. The van der Waals surface area contributed by atoms with Crippen LogP contribution in [-0.2, 0) is 3.83 Å². The van der Waals surface area contributed by atoms with E-state index in [1.54, 1.807) is 6.07 Å². The maximum atomic E-state index is 11.5. The normalized spacial score (nSPS) is 16.7. The fraction of sp³-hybridized carbons (Fsp3) is 0.400. The minimum atomic E-state index is -2.69. The molecule has 18 heavy (non-hydrogen) atoms. The van der Waals surface area contributed by atoms with Crippen LogP contribution in [0.3, 0.4) is 0 Å². The standard InChI is InChI=1S/C10H12N4O3Se/c1-3-13(4-2)7-5-6-8(14(15)16)10-9(7)11-18(17)12-10/h5-6H,3-4H2,1-2H3. The number of fused-ring (bicyclic) bond motifs is 1. The number of non-ortho nitro benzene ring substituents is 1. The van der Waals surface area contributed by atoms with Gasteiger partial charge in [0, 0.05) is 0 Å². The van der Waals surface area contributed by atoms with E-state index in [-0.39, 0.29) is 11.0 Å². The van der Waals surface area contributed by atoms with Gasteiger partial charge in [-0.2, -0.15) is 0 Å². The molecule has 0 saturated carbocycles. The van der Waals surface area contributed by atoms with Gasteiger partial charge in [-0.05, 0) is 0 Å². The summed E-state index contributed by atoms with van der Waals surface area (Å²) in [7, 11) is 0. The van der Waals surface area contributed by atoms with Crippen LogP contribution in [0, 0.1) is 10.1 Å². The van der Waals surface area contributed by atoms with Crippen molar-refractivity contribution in [3.8, 4) is 0 Å². The van der Waals surface area contributed by atoms with Gasteiger partial charge in [-0.15, -0.1) is 0 Å². The molecule has 0 N–H and O–H groups in total. The summed E-state index contributed by atoms with van der Waals surface area (Å²) in [5.74, 6) is 0. The zero-order valence-corrected chi connectivity index (χ0v) is 11.7. The van der Waals surface area contributed by atoms with E-state index in [0.717, 1.165) is 18.8 Å². The van der Waals surface area contributed by atoms with Crippen LogP contribution in [0.1, 0.15) is 13.8 Å². The molecule has 0 aromatic heterocycles. The second-order valence-electron chi connectivity index (χ2n) is 3.64. The van der Waals surface area contributed by atoms with Crippen molar-refractivity contribution in [1.29, 1.82) is 0 Å². The number of nitro benzene ring substituents is 1. The van der Waals surface area contributed by atoms with Crippen molar-refractivity contribution in [2.24, 2.45) is 8.02 Å². The Bertz CT molecular complexity index is 639. The SMILES string of the molecule is CCN(CC)c1ccc([N+](=O)[O-])c2c1=N[Se](=O)N=2. The Kier molecular flexibility index (Phi) is 3.49. The van der Waals surface area contributed by atoms with Gasteiger partial charge in [-0.25, -0.2) is 0 Å². The van der Waals surface area contributed by atoms with Gasteiger partial charge in [-0.3, -0.25) is 0 Å². The summed E-state index contributed by atoms with van der Waals surface area (Å²) in [6, 6.07) is 3.04. The number of benzene rings is 1. The Morgan fingerprint density at radius 2 is 1.89 bits per heavy atom. The summed E-state index contributed by atoms with van der Waals surface area (Å²) in [5, 5.41) is 11.4. The molecule has 1 aromatic carbocycles. The maximum absolute atomic E-state index is 11.5. The first-order valence-electron chi connectivity index (χ1n) is 5.50. The molecule has 1 aliphatic heterocycles. The van der Waals surface area contributed by atoms with Gasteiger partial charge in [-0.1, -0.05) is 0 Å². The second kappa shape index (κ2) is 4.91. The van der Waals surface area contributed by atoms with Gasteiger partial charge in [0.2, 0.25) is 0 Å². The van der Waals surface area contributed by atoms with Gasteiger partial charge in [0.1, 0.15) is 0 Å². The fourth-order valence-electron chi connectivity index (χ4n) is 1.88.